The highest BCUT2D eigenvalue weighted by Crippen LogP contribution is 2.35. The van der Waals surface area contributed by atoms with E-state index in [9.17, 15) is 31.1 Å². The van der Waals surface area contributed by atoms with Gasteiger partial charge in [0.15, 0.2) is 0 Å². The minimum atomic E-state index is -4.71. The summed E-state index contributed by atoms with van der Waals surface area (Å²) in [6.45, 7) is 0. The number of methoxy groups -OCH3 is 1. The van der Waals surface area contributed by atoms with Crippen molar-refractivity contribution < 1.29 is 35.9 Å². The molecule has 0 radical (unpaired) electrons. The molecule has 0 fully saturated rings. The van der Waals surface area contributed by atoms with Crippen LogP contribution in [-0.4, -0.2) is 17.9 Å². The number of hydrogen-bond acceptors (Lipinski definition) is 3. The van der Waals surface area contributed by atoms with Crippen molar-refractivity contribution in [1.29, 1.82) is 0 Å². The van der Waals surface area contributed by atoms with Crippen LogP contribution < -0.4 is 4.74 Å². The Labute approximate surface area is 131 Å². The van der Waals surface area contributed by atoms with Crippen LogP contribution in [-0.2, 0) is 12.4 Å². The number of carbonyl (C=O) groups is 1. The SMILES string of the molecule is COc1nc(C(=O)c2ccc(C(F)(F)F)cc2)ccc1C(F)(F)F. The largest absolute Gasteiger partial charge is 0.481 e. The summed E-state index contributed by atoms with van der Waals surface area (Å²) in [4.78, 5) is 15.6. The number of halogens is 6. The van der Waals surface area contributed by atoms with Crippen molar-refractivity contribution in [2.75, 3.05) is 7.11 Å². The molecular formula is C15H9F6NO2. The van der Waals surface area contributed by atoms with Gasteiger partial charge in [-0.05, 0) is 24.3 Å². The van der Waals surface area contributed by atoms with Crippen molar-refractivity contribution in [3.05, 3.63) is 58.8 Å². The van der Waals surface area contributed by atoms with Gasteiger partial charge in [-0.3, -0.25) is 4.79 Å². The van der Waals surface area contributed by atoms with Gasteiger partial charge in [-0.2, -0.15) is 26.3 Å². The smallest absolute Gasteiger partial charge is 0.421 e. The Morgan fingerprint density at radius 3 is 1.96 bits per heavy atom. The van der Waals surface area contributed by atoms with E-state index in [4.69, 9.17) is 0 Å². The van der Waals surface area contributed by atoms with E-state index < -0.39 is 35.1 Å². The predicted octanol–water partition coefficient (Wildman–Crippen LogP) is 4.36. The Morgan fingerprint density at radius 2 is 1.50 bits per heavy atom. The van der Waals surface area contributed by atoms with Gasteiger partial charge in [0.1, 0.15) is 11.3 Å². The fraction of sp³-hybridized carbons (Fsp3) is 0.200. The number of ketones is 1. The molecule has 0 saturated carbocycles. The van der Waals surface area contributed by atoms with Crippen molar-refractivity contribution in [2.45, 2.75) is 12.4 Å². The minimum Gasteiger partial charge on any atom is -0.481 e. The van der Waals surface area contributed by atoms with E-state index in [1.54, 1.807) is 0 Å². The topological polar surface area (TPSA) is 39.2 Å². The van der Waals surface area contributed by atoms with Crippen LogP contribution in [0.4, 0.5) is 26.3 Å². The second-order valence-corrected chi connectivity index (χ2v) is 4.66. The summed E-state index contributed by atoms with van der Waals surface area (Å²) in [5.41, 5.74) is -2.62. The Kier molecular flexibility index (Phi) is 4.54. The number of alkyl halides is 6. The summed E-state index contributed by atoms with van der Waals surface area (Å²) in [5, 5.41) is 0. The first-order valence-electron chi connectivity index (χ1n) is 6.38. The second kappa shape index (κ2) is 6.14. The Hall–Kier alpha value is -2.58. The Balaban J connectivity index is 2.36. The molecule has 0 unspecified atom stereocenters. The lowest BCUT2D eigenvalue weighted by Crippen LogP contribution is -2.12. The number of rotatable bonds is 3. The van der Waals surface area contributed by atoms with Crippen molar-refractivity contribution in [2.24, 2.45) is 0 Å². The van der Waals surface area contributed by atoms with Crippen LogP contribution in [0.3, 0.4) is 0 Å². The van der Waals surface area contributed by atoms with Crippen molar-refractivity contribution in [3.63, 3.8) is 0 Å². The standard InChI is InChI=1S/C15H9F6NO2/c1-24-13-10(15(19,20)21)6-7-11(22-13)12(23)8-2-4-9(5-3-8)14(16,17)18/h2-7H,1H3. The van der Waals surface area contributed by atoms with E-state index >= 15 is 0 Å². The van der Waals surface area contributed by atoms with E-state index in [2.05, 4.69) is 9.72 Å². The zero-order valence-electron chi connectivity index (χ0n) is 12.0. The summed E-state index contributed by atoms with van der Waals surface area (Å²) in [5.74, 6) is -1.61. The summed E-state index contributed by atoms with van der Waals surface area (Å²) < 4.78 is 80.2. The summed E-state index contributed by atoms with van der Waals surface area (Å²) in [7, 11) is 0.962. The van der Waals surface area contributed by atoms with Crippen LogP contribution in [0.15, 0.2) is 36.4 Å². The Bertz CT molecular complexity index is 750. The number of carbonyl (C=O) groups excluding carboxylic acids is 1. The summed E-state index contributed by atoms with van der Waals surface area (Å²) in [6, 6.07) is 4.73. The van der Waals surface area contributed by atoms with Crippen LogP contribution in [0.5, 0.6) is 5.88 Å². The Morgan fingerprint density at radius 1 is 0.917 bits per heavy atom. The molecule has 0 spiro atoms. The van der Waals surface area contributed by atoms with E-state index in [0.29, 0.717) is 18.2 Å². The number of pyridine rings is 1. The molecule has 0 aliphatic carbocycles. The van der Waals surface area contributed by atoms with Crippen molar-refractivity contribution in [3.8, 4) is 5.88 Å². The maximum absolute atomic E-state index is 12.7. The van der Waals surface area contributed by atoms with Crippen LogP contribution in [0, 0.1) is 0 Å². The highest BCUT2D eigenvalue weighted by atomic mass is 19.4. The quantitative estimate of drug-likeness (QED) is 0.611. The molecule has 2 rings (SSSR count). The molecule has 1 heterocycles. The molecule has 0 aliphatic heterocycles. The monoisotopic (exact) mass is 349 g/mol. The highest BCUT2D eigenvalue weighted by molar-refractivity contribution is 6.07. The first kappa shape index (κ1) is 17.8. The normalized spacial score (nSPS) is 12.1. The number of aromatic nitrogens is 1. The zero-order chi connectivity index (χ0) is 18.1. The van der Waals surface area contributed by atoms with Gasteiger partial charge in [-0.15, -0.1) is 0 Å². The van der Waals surface area contributed by atoms with Gasteiger partial charge in [0.25, 0.3) is 0 Å². The molecule has 0 saturated heterocycles. The number of hydrogen-bond donors (Lipinski definition) is 0. The first-order chi connectivity index (χ1) is 11.0. The molecular weight excluding hydrogens is 340 g/mol. The molecule has 3 nitrogen and oxygen atoms in total. The highest BCUT2D eigenvalue weighted by Gasteiger charge is 2.36. The maximum Gasteiger partial charge on any atom is 0.421 e. The molecule has 0 bridgehead atoms. The number of benzene rings is 1. The lowest BCUT2D eigenvalue weighted by atomic mass is 10.0. The van der Waals surface area contributed by atoms with Crippen LogP contribution in [0.25, 0.3) is 0 Å². The zero-order valence-corrected chi connectivity index (χ0v) is 12.0. The molecule has 0 N–H and O–H groups in total. The van der Waals surface area contributed by atoms with E-state index in [0.717, 1.165) is 25.3 Å². The van der Waals surface area contributed by atoms with Crippen LogP contribution >= 0.6 is 0 Å². The third-order valence-electron chi connectivity index (χ3n) is 3.07. The van der Waals surface area contributed by atoms with Gasteiger partial charge in [0.05, 0.1) is 12.7 Å². The van der Waals surface area contributed by atoms with E-state index in [1.165, 1.54) is 0 Å². The van der Waals surface area contributed by atoms with Gasteiger partial charge < -0.3 is 4.74 Å². The molecule has 0 atom stereocenters. The number of nitrogens with zero attached hydrogens (tertiary/aromatic N) is 1. The maximum atomic E-state index is 12.7. The molecule has 1 aromatic heterocycles. The first-order valence-corrected chi connectivity index (χ1v) is 6.38. The summed E-state index contributed by atoms with van der Waals surface area (Å²) >= 11 is 0. The predicted molar refractivity (Wildman–Crippen MR) is 70.7 cm³/mol. The molecule has 128 valence electrons. The van der Waals surface area contributed by atoms with Crippen molar-refractivity contribution >= 4 is 5.78 Å². The van der Waals surface area contributed by atoms with Gasteiger partial charge in [-0.1, -0.05) is 12.1 Å². The van der Waals surface area contributed by atoms with Gasteiger partial charge in [-0.25, -0.2) is 4.98 Å². The lowest BCUT2D eigenvalue weighted by Gasteiger charge is -2.12. The lowest BCUT2D eigenvalue weighted by molar-refractivity contribution is -0.139. The van der Waals surface area contributed by atoms with Gasteiger partial charge in [0, 0.05) is 5.56 Å². The third kappa shape index (κ3) is 3.66. The van der Waals surface area contributed by atoms with Crippen LogP contribution in [0.2, 0.25) is 0 Å². The van der Waals surface area contributed by atoms with Crippen LogP contribution in [0.1, 0.15) is 27.2 Å². The fourth-order valence-corrected chi connectivity index (χ4v) is 1.90. The molecule has 2 aromatic rings. The average molecular weight is 349 g/mol. The molecule has 0 aliphatic rings. The van der Waals surface area contributed by atoms with E-state index in [1.807, 2.05) is 0 Å². The van der Waals surface area contributed by atoms with Gasteiger partial charge >= 0.3 is 12.4 Å². The van der Waals surface area contributed by atoms with E-state index in [-0.39, 0.29) is 11.3 Å². The molecule has 24 heavy (non-hydrogen) atoms. The van der Waals surface area contributed by atoms with Crippen molar-refractivity contribution in [1.82, 2.24) is 4.98 Å². The molecule has 9 heteroatoms. The number of ether oxygens (including phenoxy) is 1. The molecule has 1 aromatic carbocycles. The second-order valence-electron chi connectivity index (χ2n) is 4.66. The molecule has 0 amide bonds. The van der Waals surface area contributed by atoms with Gasteiger partial charge in [0.2, 0.25) is 11.7 Å². The fourth-order valence-electron chi connectivity index (χ4n) is 1.90. The summed E-state index contributed by atoms with van der Waals surface area (Å²) in [6.07, 6.45) is -9.27. The third-order valence-corrected chi connectivity index (χ3v) is 3.07. The minimum absolute atomic E-state index is 0.141. The average Bonchev–Trinajstić information content (AvgIpc) is 2.52.